The molecule has 1 aliphatic heterocycles. The van der Waals surface area contributed by atoms with Crippen LogP contribution in [-0.2, 0) is 0 Å². The van der Waals surface area contributed by atoms with Gasteiger partial charge in [0.15, 0.2) is 10.7 Å². The van der Waals surface area contributed by atoms with E-state index < -0.39 is 10.8 Å². The van der Waals surface area contributed by atoms with Gasteiger partial charge in [-0.25, -0.2) is 4.98 Å². The summed E-state index contributed by atoms with van der Waals surface area (Å²) >= 11 is 8.77. The topological polar surface area (TPSA) is 123 Å². The van der Waals surface area contributed by atoms with Gasteiger partial charge in [-0.15, -0.1) is 0 Å². The SMILES string of the molecule is COc1ccc(-c2nc3cc(NC(=S)NC(=O)c4ccc(N5CCCC5)c([N+](=O)[O-])c4)ccc3o2)cc1Br. The van der Waals surface area contributed by atoms with Crippen molar-refractivity contribution in [2.75, 3.05) is 30.4 Å². The molecule has 0 spiro atoms. The van der Waals surface area contributed by atoms with Gasteiger partial charge in [0.2, 0.25) is 5.89 Å². The van der Waals surface area contributed by atoms with Crippen molar-refractivity contribution in [2.45, 2.75) is 12.8 Å². The Bertz CT molecular complexity index is 1570. The van der Waals surface area contributed by atoms with Gasteiger partial charge in [0.05, 0.1) is 16.5 Å². The highest BCUT2D eigenvalue weighted by molar-refractivity contribution is 9.10. The molecule has 0 atom stereocenters. The maximum atomic E-state index is 12.8. The number of nitro benzene ring substituents is 1. The monoisotopic (exact) mass is 595 g/mol. The van der Waals surface area contributed by atoms with Crippen LogP contribution in [0.25, 0.3) is 22.6 Å². The third-order valence-electron chi connectivity index (χ3n) is 6.15. The van der Waals surface area contributed by atoms with Gasteiger partial charge >= 0.3 is 0 Å². The number of ether oxygens (including phenoxy) is 1. The number of rotatable bonds is 6. The van der Waals surface area contributed by atoms with Crippen molar-refractivity contribution in [3.05, 3.63) is 74.7 Å². The lowest BCUT2D eigenvalue weighted by Gasteiger charge is -2.18. The summed E-state index contributed by atoms with van der Waals surface area (Å²) in [5.74, 6) is 0.591. The zero-order valence-corrected chi connectivity index (χ0v) is 22.6. The number of hydrogen-bond acceptors (Lipinski definition) is 8. The number of anilines is 2. The Morgan fingerprint density at radius 1 is 1.16 bits per heavy atom. The van der Waals surface area contributed by atoms with Crippen LogP contribution < -0.4 is 20.3 Å². The fraction of sp³-hybridized carbons (Fsp3) is 0.192. The van der Waals surface area contributed by atoms with E-state index >= 15 is 0 Å². The Hall–Kier alpha value is -4.03. The number of benzene rings is 3. The zero-order valence-electron chi connectivity index (χ0n) is 20.2. The van der Waals surface area contributed by atoms with Crippen molar-refractivity contribution < 1.29 is 18.9 Å². The highest BCUT2D eigenvalue weighted by atomic mass is 79.9. The number of amides is 1. The number of nitro groups is 1. The highest BCUT2D eigenvalue weighted by Crippen LogP contribution is 2.33. The van der Waals surface area contributed by atoms with E-state index in [2.05, 4.69) is 31.5 Å². The minimum Gasteiger partial charge on any atom is -0.496 e. The standard InChI is InChI=1S/C26H22BrN5O5S/c1-36-22-8-5-16(12-18(22)27)25-29-19-14-17(6-9-23(19)37-25)28-26(38)30-24(33)15-4-7-20(21(13-15)32(34)35)31-10-2-3-11-31/h4-9,12-14H,2-3,10-11H2,1H3,(H2,28,30,33,38). The normalized spacial score (nSPS) is 12.9. The van der Waals surface area contributed by atoms with Crippen LogP contribution in [0.3, 0.4) is 0 Å². The van der Waals surface area contributed by atoms with Gasteiger partial charge in [0.1, 0.15) is 17.0 Å². The molecule has 0 radical (unpaired) electrons. The summed E-state index contributed by atoms with van der Waals surface area (Å²) in [5.41, 5.74) is 3.11. The summed E-state index contributed by atoms with van der Waals surface area (Å²) in [6.07, 6.45) is 1.97. The molecule has 0 saturated carbocycles. The molecule has 194 valence electrons. The van der Waals surface area contributed by atoms with E-state index in [9.17, 15) is 14.9 Å². The molecule has 1 aromatic heterocycles. The van der Waals surface area contributed by atoms with Crippen LogP contribution in [0.15, 0.2) is 63.5 Å². The van der Waals surface area contributed by atoms with E-state index in [1.165, 1.54) is 6.07 Å². The van der Waals surface area contributed by atoms with Crippen molar-refractivity contribution in [1.82, 2.24) is 10.3 Å². The van der Waals surface area contributed by atoms with Crippen LogP contribution in [-0.4, -0.2) is 41.1 Å². The molecule has 3 aromatic carbocycles. The summed E-state index contributed by atoms with van der Waals surface area (Å²) in [4.78, 5) is 30.5. The van der Waals surface area contributed by atoms with Crippen LogP contribution in [0.5, 0.6) is 5.75 Å². The Labute approximate surface area is 231 Å². The average molecular weight is 596 g/mol. The first-order chi connectivity index (χ1) is 18.3. The van der Waals surface area contributed by atoms with E-state index in [0.717, 1.165) is 36.0 Å². The number of methoxy groups -OCH3 is 1. The molecule has 0 unspecified atom stereocenters. The van der Waals surface area contributed by atoms with Gasteiger partial charge in [-0.3, -0.25) is 20.2 Å². The van der Waals surface area contributed by atoms with E-state index in [1.54, 1.807) is 37.4 Å². The van der Waals surface area contributed by atoms with E-state index in [1.807, 2.05) is 23.1 Å². The smallest absolute Gasteiger partial charge is 0.293 e. The van der Waals surface area contributed by atoms with Crippen LogP contribution in [0, 0.1) is 10.1 Å². The van der Waals surface area contributed by atoms with Crippen molar-refractivity contribution in [2.24, 2.45) is 0 Å². The second-order valence-electron chi connectivity index (χ2n) is 8.61. The molecule has 38 heavy (non-hydrogen) atoms. The number of hydrogen-bond donors (Lipinski definition) is 2. The van der Waals surface area contributed by atoms with Crippen LogP contribution in [0.4, 0.5) is 17.1 Å². The first kappa shape index (κ1) is 25.6. The minimum atomic E-state index is -0.548. The lowest BCUT2D eigenvalue weighted by atomic mass is 10.1. The highest BCUT2D eigenvalue weighted by Gasteiger charge is 2.24. The third kappa shape index (κ3) is 5.31. The number of thiocarbonyl (C=S) groups is 1. The number of carbonyl (C=O) groups is 1. The summed E-state index contributed by atoms with van der Waals surface area (Å²) in [6.45, 7) is 1.52. The maximum Gasteiger partial charge on any atom is 0.293 e. The molecule has 1 aliphatic rings. The van der Waals surface area contributed by atoms with Crippen LogP contribution >= 0.6 is 28.1 Å². The van der Waals surface area contributed by atoms with Crippen LogP contribution in [0.2, 0.25) is 0 Å². The molecule has 1 amide bonds. The second kappa shape index (κ2) is 10.8. The van der Waals surface area contributed by atoms with Gasteiger partial charge in [0.25, 0.3) is 11.6 Å². The Kier molecular flexibility index (Phi) is 7.25. The molecule has 12 heteroatoms. The molecular weight excluding hydrogens is 574 g/mol. The number of aromatic nitrogens is 1. The van der Waals surface area contributed by atoms with Crippen molar-refractivity contribution in [1.29, 1.82) is 0 Å². The number of nitrogens with zero attached hydrogens (tertiary/aromatic N) is 3. The molecule has 10 nitrogen and oxygen atoms in total. The number of carbonyl (C=O) groups excluding carboxylic acids is 1. The Morgan fingerprint density at radius 3 is 2.66 bits per heavy atom. The molecule has 4 aromatic rings. The average Bonchev–Trinajstić information content (AvgIpc) is 3.58. The third-order valence-corrected chi connectivity index (χ3v) is 6.98. The van der Waals surface area contributed by atoms with Crippen molar-refractivity contribution in [3.8, 4) is 17.2 Å². The van der Waals surface area contributed by atoms with Gasteiger partial charge in [0, 0.05) is 36.0 Å². The molecule has 0 aliphatic carbocycles. The van der Waals surface area contributed by atoms with Crippen molar-refractivity contribution in [3.63, 3.8) is 0 Å². The van der Waals surface area contributed by atoms with E-state index in [0.29, 0.717) is 34.1 Å². The molecule has 1 fully saturated rings. The lowest BCUT2D eigenvalue weighted by molar-refractivity contribution is -0.384. The largest absolute Gasteiger partial charge is 0.496 e. The number of nitrogens with one attached hydrogen (secondary N) is 2. The predicted molar refractivity (Wildman–Crippen MR) is 152 cm³/mol. The molecule has 2 heterocycles. The minimum absolute atomic E-state index is 0.0448. The lowest BCUT2D eigenvalue weighted by Crippen LogP contribution is -2.34. The molecular formula is C26H22BrN5O5S. The molecule has 5 rings (SSSR count). The summed E-state index contributed by atoms with van der Waals surface area (Å²) in [7, 11) is 1.59. The Balaban J connectivity index is 1.28. The predicted octanol–water partition coefficient (Wildman–Crippen LogP) is 5.90. The fourth-order valence-corrected chi connectivity index (χ4v) is 5.05. The Morgan fingerprint density at radius 2 is 1.95 bits per heavy atom. The summed E-state index contributed by atoms with van der Waals surface area (Å²) in [5, 5.41) is 17.2. The molecule has 1 saturated heterocycles. The van der Waals surface area contributed by atoms with E-state index in [-0.39, 0.29) is 16.4 Å². The number of oxazole rings is 1. The first-order valence-corrected chi connectivity index (χ1v) is 12.9. The van der Waals surface area contributed by atoms with E-state index in [4.69, 9.17) is 21.4 Å². The first-order valence-electron chi connectivity index (χ1n) is 11.7. The number of halogens is 1. The quantitative estimate of drug-likeness (QED) is 0.159. The second-order valence-corrected chi connectivity index (χ2v) is 9.88. The van der Waals surface area contributed by atoms with Gasteiger partial charge in [-0.05, 0) is 89.5 Å². The molecule has 2 N–H and O–H groups in total. The van der Waals surface area contributed by atoms with Crippen LogP contribution in [0.1, 0.15) is 23.2 Å². The van der Waals surface area contributed by atoms with Gasteiger partial charge < -0.3 is 19.4 Å². The van der Waals surface area contributed by atoms with Gasteiger partial charge in [-0.2, -0.15) is 0 Å². The summed E-state index contributed by atoms with van der Waals surface area (Å²) < 4.78 is 11.9. The number of fused-ring (bicyclic) bond motifs is 1. The summed E-state index contributed by atoms with van der Waals surface area (Å²) in [6, 6.07) is 15.2. The zero-order chi connectivity index (χ0) is 26.8. The van der Waals surface area contributed by atoms with Crippen molar-refractivity contribution >= 4 is 67.3 Å². The molecule has 0 bridgehead atoms. The maximum absolute atomic E-state index is 12.8. The van der Waals surface area contributed by atoms with Gasteiger partial charge in [-0.1, -0.05) is 0 Å². The fourth-order valence-electron chi connectivity index (χ4n) is 4.30.